The number of fused-ring (bicyclic) bond motifs is 2. The Morgan fingerprint density at radius 3 is 2.81 bits per heavy atom. The van der Waals surface area contributed by atoms with Gasteiger partial charge in [-0.1, -0.05) is 23.9 Å². The number of ether oxygens (including phenoxy) is 3. The van der Waals surface area contributed by atoms with Gasteiger partial charge in [0.25, 0.3) is 5.56 Å². The third kappa shape index (κ3) is 4.67. The van der Waals surface area contributed by atoms with Gasteiger partial charge in [0.1, 0.15) is 13.2 Å². The number of nitrogens with zero attached hydrogens (tertiary/aromatic N) is 2. The van der Waals surface area contributed by atoms with Gasteiger partial charge >= 0.3 is 0 Å². The minimum atomic E-state index is -0.491. The molecule has 0 radical (unpaired) electrons. The number of carbonyl (C=O) groups is 1. The molecule has 1 amide bonds. The third-order valence-electron chi connectivity index (χ3n) is 4.81. The Hall–Kier alpha value is -3.04. The summed E-state index contributed by atoms with van der Waals surface area (Å²) >= 11 is 1.23. The van der Waals surface area contributed by atoms with Gasteiger partial charge in [0, 0.05) is 18.9 Å². The molecule has 31 heavy (non-hydrogen) atoms. The van der Waals surface area contributed by atoms with E-state index in [9.17, 15) is 9.59 Å². The van der Waals surface area contributed by atoms with Crippen molar-refractivity contribution in [3.8, 4) is 11.5 Å². The lowest BCUT2D eigenvalue weighted by Gasteiger charge is -2.19. The van der Waals surface area contributed by atoms with Crippen LogP contribution in [-0.2, 0) is 16.1 Å². The lowest BCUT2D eigenvalue weighted by molar-refractivity contribution is -0.115. The van der Waals surface area contributed by atoms with E-state index in [0.717, 1.165) is 0 Å². The predicted molar refractivity (Wildman–Crippen MR) is 119 cm³/mol. The van der Waals surface area contributed by atoms with Crippen LogP contribution < -0.4 is 20.3 Å². The van der Waals surface area contributed by atoms with Crippen molar-refractivity contribution in [2.24, 2.45) is 0 Å². The highest BCUT2D eigenvalue weighted by molar-refractivity contribution is 8.00. The van der Waals surface area contributed by atoms with Gasteiger partial charge in [-0.25, -0.2) is 4.98 Å². The van der Waals surface area contributed by atoms with Crippen LogP contribution in [0.25, 0.3) is 10.9 Å². The maximum Gasteiger partial charge on any atom is 0.262 e. The van der Waals surface area contributed by atoms with E-state index in [1.54, 1.807) is 48.9 Å². The smallest absolute Gasteiger partial charge is 0.262 e. The summed E-state index contributed by atoms with van der Waals surface area (Å²) in [5, 5.41) is 3.42. The minimum absolute atomic E-state index is 0.149. The first-order chi connectivity index (χ1) is 15.1. The fourth-order valence-corrected chi connectivity index (χ4v) is 4.13. The summed E-state index contributed by atoms with van der Waals surface area (Å²) < 4.78 is 17.8. The molecular formula is C22H23N3O5S. The zero-order valence-corrected chi connectivity index (χ0v) is 18.1. The van der Waals surface area contributed by atoms with Gasteiger partial charge < -0.3 is 19.5 Å². The monoisotopic (exact) mass is 441 g/mol. The number of carbonyl (C=O) groups excluding carboxylic acids is 1. The molecule has 3 aromatic rings. The Morgan fingerprint density at radius 2 is 2.00 bits per heavy atom. The third-order valence-corrected chi connectivity index (χ3v) is 5.90. The topological polar surface area (TPSA) is 91.7 Å². The van der Waals surface area contributed by atoms with E-state index < -0.39 is 5.25 Å². The van der Waals surface area contributed by atoms with Crippen molar-refractivity contribution in [1.82, 2.24) is 9.55 Å². The maximum absolute atomic E-state index is 13.0. The SMILES string of the molecule is COCCn1c(S[C@@H](C)C(=O)Nc2ccc3c(c2)OCCO3)nc2ccccc2c1=O. The molecule has 1 aliphatic heterocycles. The molecule has 0 spiro atoms. The number of rotatable bonds is 7. The Balaban J connectivity index is 1.55. The number of anilines is 1. The van der Waals surface area contributed by atoms with E-state index in [0.29, 0.717) is 59.6 Å². The number of thioether (sulfide) groups is 1. The number of aromatic nitrogens is 2. The highest BCUT2D eigenvalue weighted by atomic mass is 32.2. The minimum Gasteiger partial charge on any atom is -0.486 e. The fourth-order valence-electron chi connectivity index (χ4n) is 3.19. The van der Waals surface area contributed by atoms with Gasteiger partial charge in [0.2, 0.25) is 5.91 Å². The summed E-state index contributed by atoms with van der Waals surface area (Å²) in [6, 6.07) is 12.5. The molecule has 9 heteroatoms. The number of amides is 1. The van der Waals surface area contributed by atoms with Gasteiger partial charge in [0.15, 0.2) is 16.7 Å². The predicted octanol–water partition coefficient (Wildman–Crippen LogP) is 2.93. The summed E-state index contributed by atoms with van der Waals surface area (Å²) in [6.45, 7) is 3.48. The number of nitrogens with one attached hydrogen (secondary N) is 1. The highest BCUT2D eigenvalue weighted by Gasteiger charge is 2.20. The van der Waals surface area contributed by atoms with Gasteiger partial charge in [0.05, 0.1) is 29.3 Å². The summed E-state index contributed by atoms with van der Waals surface area (Å²) in [6.07, 6.45) is 0. The van der Waals surface area contributed by atoms with Crippen LogP contribution in [0, 0.1) is 0 Å². The van der Waals surface area contributed by atoms with E-state index in [1.807, 2.05) is 12.1 Å². The summed E-state index contributed by atoms with van der Waals surface area (Å²) in [5.74, 6) is 1.06. The standard InChI is InChI=1S/C22H23N3O5S/c1-14(20(26)23-15-7-8-18-19(13-15)30-12-11-29-18)31-22-24-17-6-4-3-5-16(17)21(27)25(22)9-10-28-2/h3-8,13-14H,9-12H2,1-2H3,(H,23,26)/t14-/m0/s1. The van der Waals surface area contributed by atoms with Crippen molar-refractivity contribution in [3.05, 3.63) is 52.8 Å². The molecule has 162 valence electrons. The molecular weight excluding hydrogens is 418 g/mol. The van der Waals surface area contributed by atoms with Crippen LogP contribution in [-0.4, -0.2) is 47.6 Å². The van der Waals surface area contributed by atoms with Crippen molar-refractivity contribution < 1.29 is 19.0 Å². The number of benzene rings is 2. The zero-order valence-electron chi connectivity index (χ0n) is 17.3. The van der Waals surface area contributed by atoms with Crippen molar-refractivity contribution in [3.63, 3.8) is 0 Å². The Bertz CT molecular complexity index is 1160. The molecule has 2 heterocycles. The molecule has 0 fully saturated rings. The zero-order chi connectivity index (χ0) is 21.8. The molecule has 0 saturated carbocycles. The van der Waals surface area contributed by atoms with Gasteiger partial charge in [-0.2, -0.15) is 0 Å². The van der Waals surface area contributed by atoms with Gasteiger partial charge in [-0.3, -0.25) is 14.2 Å². The quantitative estimate of drug-likeness (QED) is 0.445. The van der Waals surface area contributed by atoms with Crippen LogP contribution in [0.4, 0.5) is 5.69 Å². The fraction of sp³-hybridized carbons (Fsp3) is 0.318. The maximum atomic E-state index is 13.0. The number of hydrogen-bond donors (Lipinski definition) is 1. The van der Waals surface area contributed by atoms with Crippen molar-refractivity contribution in [2.75, 3.05) is 32.2 Å². The molecule has 1 aromatic heterocycles. The highest BCUT2D eigenvalue weighted by Crippen LogP contribution is 2.33. The van der Waals surface area contributed by atoms with Crippen LogP contribution in [0.15, 0.2) is 52.4 Å². The molecule has 0 saturated heterocycles. The molecule has 0 bridgehead atoms. The normalized spacial score (nSPS) is 13.7. The van der Waals surface area contributed by atoms with Crippen molar-refractivity contribution in [1.29, 1.82) is 0 Å². The first-order valence-corrected chi connectivity index (χ1v) is 10.8. The van der Waals surface area contributed by atoms with E-state index in [2.05, 4.69) is 10.3 Å². The van der Waals surface area contributed by atoms with Gasteiger partial charge in [-0.15, -0.1) is 0 Å². The Kier molecular flexibility index (Phi) is 6.43. The summed E-state index contributed by atoms with van der Waals surface area (Å²) in [4.78, 5) is 30.4. The Labute approximate surface area is 183 Å². The lowest BCUT2D eigenvalue weighted by Crippen LogP contribution is -2.28. The second kappa shape index (κ2) is 9.40. The first kappa shape index (κ1) is 21.2. The molecule has 1 atom stereocenters. The summed E-state index contributed by atoms with van der Waals surface area (Å²) in [7, 11) is 1.58. The average Bonchev–Trinajstić information content (AvgIpc) is 2.79. The molecule has 2 aromatic carbocycles. The Morgan fingerprint density at radius 1 is 1.23 bits per heavy atom. The summed E-state index contributed by atoms with van der Waals surface area (Å²) in [5.41, 5.74) is 1.07. The van der Waals surface area contributed by atoms with Crippen LogP contribution in [0.2, 0.25) is 0 Å². The molecule has 4 rings (SSSR count). The molecule has 8 nitrogen and oxygen atoms in total. The van der Waals surface area contributed by atoms with Crippen LogP contribution in [0.5, 0.6) is 11.5 Å². The van der Waals surface area contributed by atoms with Crippen LogP contribution in [0.3, 0.4) is 0 Å². The van der Waals surface area contributed by atoms with E-state index in [4.69, 9.17) is 14.2 Å². The van der Waals surface area contributed by atoms with E-state index in [-0.39, 0.29) is 11.5 Å². The molecule has 0 unspecified atom stereocenters. The number of methoxy groups -OCH3 is 1. The molecule has 1 aliphatic rings. The van der Waals surface area contributed by atoms with Crippen molar-refractivity contribution >= 4 is 34.3 Å². The second-order valence-electron chi connectivity index (χ2n) is 6.97. The average molecular weight is 442 g/mol. The second-order valence-corrected chi connectivity index (χ2v) is 8.28. The van der Waals surface area contributed by atoms with E-state index >= 15 is 0 Å². The number of hydrogen-bond acceptors (Lipinski definition) is 7. The largest absolute Gasteiger partial charge is 0.486 e. The first-order valence-electron chi connectivity index (χ1n) is 9.92. The van der Waals surface area contributed by atoms with Crippen molar-refractivity contribution in [2.45, 2.75) is 23.9 Å². The van der Waals surface area contributed by atoms with E-state index in [1.165, 1.54) is 11.8 Å². The number of para-hydroxylation sites is 1. The lowest BCUT2D eigenvalue weighted by atomic mass is 10.2. The van der Waals surface area contributed by atoms with Crippen LogP contribution >= 0.6 is 11.8 Å². The molecule has 1 N–H and O–H groups in total. The van der Waals surface area contributed by atoms with Gasteiger partial charge in [-0.05, 0) is 31.2 Å². The molecule has 0 aliphatic carbocycles. The van der Waals surface area contributed by atoms with Crippen LogP contribution in [0.1, 0.15) is 6.92 Å².